The van der Waals surface area contributed by atoms with Crippen LogP contribution in [0.25, 0.3) is 0 Å². The summed E-state index contributed by atoms with van der Waals surface area (Å²) >= 11 is 0. The average molecular weight is 259 g/mol. The maximum atomic E-state index is 3.46. The maximum absolute atomic E-state index is 3.46. The van der Waals surface area contributed by atoms with Crippen LogP contribution in [-0.4, -0.2) is 39.3 Å². The number of benzene rings is 1. The average Bonchev–Trinajstić information content (AvgIpc) is 2.49. The standard InChI is InChI=1S/C16H25N3/c1-2-18-11-12-19(13-14-7-9-17-10-8-14)16-6-4-3-5-15(16)18/h3-6,14,17H,2,7-13H2,1H3. The van der Waals surface area contributed by atoms with Gasteiger partial charge in [0, 0.05) is 26.2 Å². The highest BCUT2D eigenvalue weighted by atomic mass is 15.3. The van der Waals surface area contributed by atoms with Gasteiger partial charge in [-0.15, -0.1) is 0 Å². The Hall–Kier alpha value is -1.22. The highest BCUT2D eigenvalue weighted by Crippen LogP contribution is 2.33. The summed E-state index contributed by atoms with van der Waals surface area (Å²) in [5.74, 6) is 0.863. The zero-order valence-electron chi connectivity index (χ0n) is 11.9. The molecule has 0 radical (unpaired) electrons. The van der Waals surface area contributed by atoms with Gasteiger partial charge in [0.15, 0.2) is 0 Å². The van der Waals surface area contributed by atoms with Gasteiger partial charge in [0.05, 0.1) is 11.4 Å². The molecule has 3 rings (SSSR count). The van der Waals surface area contributed by atoms with E-state index in [9.17, 15) is 0 Å². The number of rotatable bonds is 3. The van der Waals surface area contributed by atoms with E-state index in [-0.39, 0.29) is 0 Å². The second-order valence-electron chi connectivity index (χ2n) is 5.71. The van der Waals surface area contributed by atoms with Gasteiger partial charge in [-0.25, -0.2) is 0 Å². The quantitative estimate of drug-likeness (QED) is 0.899. The summed E-state index contributed by atoms with van der Waals surface area (Å²) in [7, 11) is 0. The zero-order valence-corrected chi connectivity index (χ0v) is 11.9. The molecule has 0 unspecified atom stereocenters. The molecule has 104 valence electrons. The van der Waals surface area contributed by atoms with Gasteiger partial charge in [0.1, 0.15) is 0 Å². The molecule has 0 saturated carbocycles. The molecule has 0 bridgehead atoms. The molecule has 3 heteroatoms. The van der Waals surface area contributed by atoms with Crippen LogP contribution in [-0.2, 0) is 0 Å². The van der Waals surface area contributed by atoms with Crippen molar-refractivity contribution in [2.24, 2.45) is 5.92 Å². The molecule has 2 heterocycles. The molecular formula is C16H25N3. The van der Waals surface area contributed by atoms with Crippen LogP contribution in [0.3, 0.4) is 0 Å². The number of fused-ring (bicyclic) bond motifs is 1. The summed E-state index contributed by atoms with van der Waals surface area (Å²) in [4.78, 5) is 5.10. The minimum atomic E-state index is 0.863. The second kappa shape index (κ2) is 5.83. The molecule has 0 aromatic heterocycles. The molecule has 2 aliphatic heterocycles. The third-order valence-corrected chi connectivity index (χ3v) is 4.52. The van der Waals surface area contributed by atoms with Crippen LogP contribution in [0.4, 0.5) is 11.4 Å². The Bertz CT molecular complexity index is 412. The van der Waals surface area contributed by atoms with Crippen LogP contribution in [0.1, 0.15) is 19.8 Å². The van der Waals surface area contributed by atoms with Gasteiger partial charge >= 0.3 is 0 Å². The highest BCUT2D eigenvalue weighted by molar-refractivity contribution is 5.73. The minimum absolute atomic E-state index is 0.863. The molecule has 1 fully saturated rings. The van der Waals surface area contributed by atoms with Crippen LogP contribution in [0.15, 0.2) is 24.3 Å². The van der Waals surface area contributed by atoms with Crippen LogP contribution in [0.5, 0.6) is 0 Å². The van der Waals surface area contributed by atoms with E-state index in [2.05, 4.69) is 46.3 Å². The lowest BCUT2D eigenvalue weighted by molar-refractivity contribution is 0.373. The summed E-state index contributed by atoms with van der Waals surface area (Å²) < 4.78 is 0. The van der Waals surface area contributed by atoms with E-state index in [1.165, 1.54) is 56.9 Å². The van der Waals surface area contributed by atoms with Gasteiger partial charge in [-0.1, -0.05) is 12.1 Å². The van der Waals surface area contributed by atoms with Crippen molar-refractivity contribution in [3.8, 4) is 0 Å². The number of piperidine rings is 1. The third kappa shape index (κ3) is 2.71. The topological polar surface area (TPSA) is 18.5 Å². The number of likely N-dealkylation sites (N-methyl/N-ethyl adjacent to an activating group) is 1. The SMILES string of the molecule is CCN1CCN(CC2CCNCC2)c2ccccc21. The smallest absolute Gasteiger partial charge is 0.0604 e. The number of nitrogens with one attached hydrogen (secondary N) is 1. The number of hydrogen-bond acceptors (Lipinski definition) is 3. The molecule has 3 nitrogen and oxygen atoms in total. The molecule has 0 spiro atoms. The van der Waals surface area contributed by atoms with Crippen LogP contribution < -0.4 is 15.1 Å². The lowest BCUT2D eigenvalue weighted by Gasteiger charge is -2.40. The first-order chi connectivity index (χ1) is 9.38. The first-order valence-electron chi connectivity index (χ1n) is 7.68. The van der Waals surface area contributed by atoms with E-state index in [0.717, 1.165) is 12.5 Å². The van der Waals surface area contributed by atoms with Crippen molar-refractivity contribution in [1.29, 1.82) is 0 Å². The lowest BCUT2D eigenvalue weighted by Crippen LogP contribution is -2.44. The highest BCUT2D eigenvalue weighted by Gasteiger charge is 2.24. The fourth-order valence-electron chi connectivity index (χ4n) is 3.38. The van der Waals surface area contributed by atoms with E-state index >= 15 is 0 Å². The molecule has 0 amide bonds. The summed E-state index contributed by atoms with van der Waals surface area (Å²) in [6.07, 6.45) is 2.66. The molecule has 1 N–H and O–H groups in total. The largest absolute Gasteiger partial charge is 0.368 e. The van der Waals surface area contributed by atoms with Gasteiger partial charge in [-0.05, 0) is 50.9 Å². The van der Waals surface area contributed by atoms with Gasteiger partial charge in [0.25, 0.3) is 0 Å². The molecule has 1 aromatic rings. The zero-order chi connectivity index (χ0) is 13.1. The van der Waals surface area contributed by atoms with Crippen molar-refractivity contribution < 1.29 is 0 Å². The van der Waals surface area contributed by atoms with Gasteiger partial charge in [0.2, 0.25) is 0 Å². The van der Waals surface area contributed by atoms with Crippen LogP contribution in [0, 0.1) is 5.92 Å². The fraction of sp³-hybridized carbons (Fsp3) is 0.625. The Morgan fingerprint density at radius 2 is 1.68 bits per heavy atom. The molecule has 0 atom stereocenters. The van der Waals surface area contributed by atoms with E-state index in [1.54, 1.807) is 0 Å². The molecular weight excluding hydrogens is 234 g/mol. The Morgan fingerprint density at radius 3 is 2.37 bits per heavy atom. The maximum Gasteiger partial charge on any atom is 0.0604 e. The molecule has 2 aliphatic rings. The number of hydrogen-bond donors (Lipinski definition) is 1. The van der Waals surface area contributed by atoms with Gasteiger partial charge in [-0.3, -0.25) is 0 Å². The monoisotopic (exact) mass is 259 g/mol. The second-order valence-corrected chi connectivity index (χ2v) is 5.71. The fourth-order valence-corrected chi connectivity index (χ4v) is 3.38. The van der Waals surface area contributed by atoms with Gasteiger partial charge in [-0.2, -0.15) is 0 Å². The first kappa shape index (κ1) is 12.8. The van der Waals surface area contributed by atoms with Crippen molar-refractivity contribution in [3.63, 3.8) is 0 Å². The normalized spacial score (nSPS) is 20.5. The summed E-state index contributed by atoms with van der Waals surface area (Å²) in [5.41, 5.74) is 2.86. The van der Waals surface area contributed by atoms with Gasteiger partial charge < -0.3 is 15.1 Å². The van der Waals surface area contributed by atoms with Crippen molar-refractivity contribution in [3.05, 3.63) is 24.3 Å². The van der Waals surface area contributed by atoms with E-state index in [4.69, 9.17) is 0 Å². The molecule has 1 aromatic carbocycles. The third-order valence-electron chi connectivity index (χ3n) is 4.52. The summed E-state index contributed by atoms with van der Waals surface area (Å²) in [6, 6.07) is 8.90. The van der Waals surface area contributed by atoms with Crippen molar-refractivity contribution in [2.75, 3.05) is 49.1 Å². The molecule has 19 heavy (non-hydrogen) atoms. The molecule has 0 aliphatic carbocycles. The Balaban J connectivity index is 1.75. The van der Waals surface area contributed by atoms with Crippen molar-refractivity contribution in [1.82, 2.24) is 5.32 Å². The predicted octanol–water partition coefficient (Wildman–Crippen LogP) is 2.33. The van der Waals surface area contributed by atoms with E-state index in [0.29, 0.717) is 0 Å². The van der Waals surface area contributed by atoms with E-state index < -0.39 is 0 Å². The van der Waals surface area contributed by atoms with Crippen LogP contribution >= 0.6 is 0 Å². The summed E-state index contributed by atoms with van der Waals surface area (Å²) in [5, 5.41) is 3.46. The first-order valence-corrected chi connectivity index (χ1v) is 7.68. The van der Waals surface area contributed by atoms with E-state index in [1.807, 2.05) is 0 Å². The number of nitrogens with zero attached hydrogens (tertiary/aromatic N) is 2. The summed E-state index contributed by atoms with van der Waals surface area (Å²) in [6.45, 7) is 9.32. The van der Waals surface area contributed by atoms with Crippen molar-refractivity contribution in [2.45, 2.75) is 19.8 Å². The van der Waals surface area contributed by atoms with Crippen molar-refractivity contribution >= 4 is 11.4 Å². The Kier molecular flexibility index (Phi) is 3.92. The Labute approximate surface area is 116 Å². The number of anilines is 2. The molecule has 1 saturated heterocycles. The lowest BCUT2D eigenvalue weighted by atomic mass is 9.96. The Morgan fingerprint density at radius 1 is 1.05 bits per heavy atom. The predicted molar refractivity (Wildman–Crippen MR) is 82.1 cm³/mol. The number of para-hydroxylation sites is 2. The minimum Gasteiger partial charge on any atom is -0.368 e. The van der Waals surface area contributed by atoms with Crippen LogP contribution in [0.2, 0.25) is 0 Å².